The van der Waals surface area contributed by atoms with Crippen molar-refractivity contribution in [2.75, 3.05) is 31.1 Å². The Hall–Kier alpha value is -5.04. The third kappa shape index (κ3) is 8.76. The third-order valence-corrected chi connectivity index (χ3v) is 6.81. The lowest BCUT2D eigenvalue weighted by Crippen LogP contribution is -2.50. The number of nitrogens with one attached hydrogen (secondary N) is 1. The molecule has 2 aromatic heterocycles. The van der Waals surface area contributed by atoms with Gasteiger partial charge in [0, 0.05) is 45.5 Å². The standard InChI is InChI=1S/C25H28FN5O5.C7H8FN/c1-25(2,3)36-24(35)30-12-10-29(11-13-30)18-8-9-19-28-20(21(32)23(34)31(19)15-18)22(33)27-14-16-4-6-17(26)7-5-16;8-7-3-1-6(5-9)2-4-7/h4-9,15,32H,10-14H2,1-3H3,(H,27,33);1-4H,5,9H2. The number of hydrogen-bond donors (Lipinski definition) is 3. The molecule has 0 atom stereocenters. The highest BCUT2D eigenvalue weighted by atomic mass is 19.1. The van der Waals surface area contributed by atoms with Gasteiger partial charge in [-0.2, -0.15) is 0 Å². The van der Waals surface area contributed by atoms with E-state index in [1.165, 1.54) is 40.8 Å². The zero-order chi connectivity index (χ0) is 32.7. The molecule has 4 N–H and O–H groups in total. The van der Waals surface area contributed by atoms with Crippen molar-refractivity contribution in [1.29, 1.82) is 0 Å². The van der Waals surface area contributed by atoms with Crippen molar-refractivity contribution in [3.8, 4) is 5.75 Å². The van der Waals surface area contributed by atoms with Crippen molar-refractivity contribution in [3.05, 3.63) is 106 Å². The molecule has 2 amide bonds. The SMILES string of the molecule is CC(C)(C)OC(=O)N1CCN(c2ccc3nc(C(=O)NCc4ccc(F)cc4)c(O)c(=O)n3c2)CC1.NCc1ccc(F)cc1. The van der Waals surface area contributed by atoms with Gasteiger partial charge in [0.15, 0.2) is 5.69 Å². The summed E-state index contributed by atoms with van der Waals surface area (Å²) in [6.45, 7) is 7.98. The van der Waals surface area contributed by atoms with Crippen LogP contribution in [0.15, 0.2) is 71.7 Å². The van der Waals surface area contributed by atoms with Gasteiger partial charge in [-0.1, -0.05) is 24.3 Å². The molecule has 0 saturated carbocycles. The fraction of sp³-hybridized carbons (Fsp3) is 0.312. The highest BCUT2D eigenvalue weighted by Gasteiger charge is 2.26. The molecular weight excluding hydrogens is 586 g/mol. The van der Waals surface area contributed by atoms with E-state index in [1.54, 1.807) is 35.4 Å². The Kier molecular flexibility index (Phi) is 10.3. The summed E-state index contributed by atoms with van der Waals surface area (Å²) in [5, 5.41) is 13.0. The number of piperazine rings is 1. The molecule has 0 spiro atoms. The second-order valence-electron chi connectivity index (χ2n) is 11.3. The van der Waals surface area contributed by atoms with E-state index >= 15 is 0 Å². The molecule has 3 heterocycles. The first-order valence-corrected chi connectivity index (χ1v) is 14.3. The summed E-state index contributed by atoms with van der Waals surface area (Å²) in [4.78, 5) is 45.5. The molecule has 13 heteroatoms. The Morgan fingerprint density at radius 3 is 2.07 bits per heavy atom. The van der Waals surface area contributed by atoms with Gasteiger partial charge in [-0.15, -0.1) is 0 Å². The molecule has 11 nitrogen and oxygen atoms in total. The molecule has 1 aliphatic rings. The first-order valence-electron chi connectivity index (χ1n) is 14.3. The van der Waals surface area contributed by atoms with E-state index in [4.69, 9.17) is 10.5 Å². The summed E-state index contributed by atoms with van der Waals surface area (Å²) in [6, 6.07) is 15.1. The summed E-state index contributed by atoms with van der Waals surface area (Å²) in [5.74, 6) is -2.10. The van der Waals surface area contributed by atoms with E-state index in [1.807, 2.05) is 25.7 Å². The average molecular weight is 623 g/mol. The van der Waals surface area contributed by atoms with Crippen molar-refractivity contribution in [3.63, 3.8) is 0 Å². The Balaban J connectivity index is 0.000000440. The van der Waals surface area contributed by atoms with E-state index < -0.39 is 28.6 Å². The maximum Gasteiger partial charge on any atom is 0.410 e. The number of nitrogens with two attached hydrogens (primary N) is 1. The largest absolute Gasteiger partial charge is 0.501 e. The number of anilines is 1. The van der Waals surface area contributed by atoms with Gasteiger partial charge in [0.1, 0.15) is 22.9 Å². The first kappa shape index (κ1) is 32.9. The van der Waals surface area contributed by atoms with E-state index in [9.17, 15) is 28.3 Å². The number of pyridine rings is 1. The van der Waals surface area contributed by atoms with Crippen LogP contribution < -0.4 is 21.5 Å². The van der Waals surface area contributed by atoms with E-state index in [0.717, 1.165) is 5.56 Å². The number of carbonyl (C=O) groups is 2. The van der Waals surface area contributed by atoms with E-state index in [2.05, 4.69) is 10.3 Å². The molecule has 0 aliphatic carbocycles. The normalized spacial score (nSPS) is 13.2. The van der Waals surface area contributed by atoms with Gasteiger partial charge in [0.25, 0.3) is 5.91 Å². The highest BCUT2D eigenvalue weighted by Crippen LogP contribution is 2.20. The quantitative estimate of drug-likeness (QED) is 0.305. The Labute approximate surface area is 258 Å². The number of hydrogen-bond acceptors (Lipinski definition) is 8. The summed E-state index contributed by atoms with van der Waals surface area (Å²) >= 11 is 0. The third-order valence-electron chi connectivity index (χ3n) is 6.81. The Bertz CT molecular complexity index is 1700. The fourth-order valence-corrected chi connectivity index (χ4v) is 4.43. The van der Waals surface area contributed by atoms with Crippen LogP contribution in [0.4, 0.5) is 19.3 Å². The maximum absolute atomic E-state index is 13.1. The fourth-order valence-electron chi connectivity index (χ4n) is 4.43. The maximum atomic E-state index is 13.1. The van der Waals surface area contributed by atoms with Gasteiger partial charge in [0.2, 0.25) is 5.75 Å². The molecule has 4 aromatic rings. The average Bonchev–Trinajstić information content (AvgIpc) is 3.02. The second kappa shape index (κ2) is 14.2. The summed E-state index contributed by atoms with van der Waals surface area (Å²) in [7, 11) is 0. The molecular formula is C32H36F2N6O5. The van der Waals surface area contributed by atoms with Crippen LogP contribution in [0.25, 0.3) is 5.65 Å². The lowest BCUT2D eigenvalue weighted by atomic mass is 10.2. The molecule has 1 saturated heterocycles. The lowest BCUT2D eigenvalue weighted by Gasteiger charge is -2.36. The van der Waals surface area contributed by atoms with Gasteiger partial charge >= 0.3 is 11.7 Å². The Morgan fingerprint density at radius 2 is 1.51 bits per heavy atom. The summed E-state index contributed by atoms with van der Waals surface area (Å²) < 4.78 is 31.8. The predicted molar refractivity (Wildman–Crippen MR) is 165 cm³/mol. The number of aromatic nitrogens is 2. The van der Waals surface area contributed by atoms with Crippen molar-refractivity contribution in [1.82, 2.24) is 19.6 Å². The molecule has 0 bridgehead atoms. The van der Waals surface area contributed by atoms with Gasteiger partial charge in [-0.25, -0.2) is 18.6 Å². The van der Waals surface area contributed by atoms with E-state index in [0.29, 0.717) is 44.0 Å². The molecule has 0 radical (unpaired) electrons. The number of carbonyl (C=O) groups excluding carboxylic acids is 2. The predicted octanol–water partition coefficient (Wildman–Crippen LogP) is 3.81. The van der Waals surface area contributed by atoms with Crippen molar-refractivity contribution < 1.29 is 28.2 Å². The van der Waals surface area contributed by atoms with Crippen LogP contribution in [-0.2, 0) is 17.8 Å². The van der Waals surface area contributed by atoms with Crippen LogP contribution in [0.5, 0.6) is 5.75 Å². The monoisotopic (exact) mass is 622 g/mol. The van der Waals surface area contributed by atoms with Crippen molar-refractivity contribution >= 4 is 23.3 Å². The van der Waals surface area contributed by atoms with Crippen LogP contribution in [0, 0.1) is 11.6 Å². The molecule has 5 rings (SSSR count). The van der Waals surface area contributed by atoms with Crippen LogP contribution in [-0.4, -0.2) is 63.2 Å². The number of amides is 2. The second-order valence-corrected chi connectivity index (χ2v) is 11.3. The zero-order valence-corrected chi connectivity index (χ0v) is 25.3. The van der Waals surface area contributed by atoms with Crippen LogP contribution in [0.2, 0.25) is 0 Å². The molecule has 45 heavy (non-hydrogen) atoms. The zero-order valence-electron chi connectivity index (χ0n) is 25.3. The number of halogens is 2. The van der Waals surface area contributed by atoms with Gasteiger partial charge in [-0.05, 0) is 68.3 Å². The minimum atomic E-state index is -0.777. The molecule has 238 valence electrons. The van der Waals surface area contributed by atoms with Crippen LogP contribution in [0.1, 0.15) is 42.4 Å². The van der Waals surface area contributed by atoms with Crippen molar-refractivity contribution in [2.24, 2.45) is 5.73 Å². The summed E-state index contributed by atoms with van der Waals surface area (Å²) in [6.07, 6.45) is 1.18. The molecule has 2 aromatic carbocycles. The van der Waals surface area contributed by atoms with Gasteiger partial charge in [0.05, 0.1) is 5.69 Å². The number of nitrogens with zero attached hydrogens (tertiary/aromatic N) is 4. The van der Waals surface area contributed by atoms with E-state index in [-0.39, 0.29) is 29.8 Å². The lowest BCUT2D eigenvalue weighted by molar-refractivity contribution is 0.0240. The Morgan fingerprint density at radius 1 is 0.933 bits per heavy atom. The van der Waals surface area contributed by atoms with Crippen LogP contribution in [0.3, 0.4) is 0 Å². The molecule has 0 unspecified atom stereocenters. The minimum Gasteiger partial charge on any atom is -0.501 e. The molecule has 1 fully saturated rings. The minimum absolute atomic E-state index is 0.0772. The number of benzene rings is 2. The molecule has 1 aliphatic heterocycles. The smallest absolute Gasteiger partial charge is 0.410 e. The first-order chi connectivity index (χ1) is 21.3. The van der Waals surface area contributed by atoms with Gasteiger partial charge < -0.3 is 30.7 Å². The summed E-state index contributed by atoms with van der Waals surface area (Å²) in [5.41, 5.74) is 6.06. The van der Waals surface area contributed by atoms with Crippen molar-refractivity contribution in [2.45, 2.75) is 39.5 Å². The topological polar surface area (TPSA) is 142 Å². The van der Waals surface area contributed by atoms with Gasteiger partial charge in [-0.3, -0.25) is 14.0 Å². The highest BCUT2D eigenvalue weighted by molar-refractivity contribution is 5.95. The number of ether oxygens (including phenoxy) is 1. The number of aromatic hydroxyl groups is 1. The van der Waals surface area contributed by atoms with Crippen LogP contribution >= 0.6 is 0 Å². The number of rotatable bonds is 5. The number of fused-ring (bicyclic) bond motifs is 1.